The molecule has 1 fully saturated rings. The quantitative estimate of drug-likeness (QED) is 0.598. The van der Waals surface area contributed by atoms with Gasteiger partial charge in [-0.25, -0.2) is 4.79 Å². The summed E-state index contributed by atoms with van der Waals surface area (Å²) in [4.78, 5) is 52.8. The van der Waals surface area contributed by atoms with Gasteiger partial charge in [-0.05, 0) is 56.0 Å². The molecule has 2 aromatic rings. The van der Waals surface area contributed by atoms with Crippen LogP contribution in [0.4, 0.5) is 4.79 Å². The van der Waals surface area contributed by atoms with E-state index in [4.69, 9.17) is 9.47 Å². The number of Topliss-reactive ketones (excluding diaryl/α,β-unsaturated/α-hetero) is 2. The number of benzene rings is 2. The summed E-state index contributed by atoms with van der Waals surface area (Å²) < 4.78 is 11.6. The molecule has 8 nitrogen and oxygen atoms in total. The lowest BCUT2D eigenvalue weighted by Gasteiger charge is -2.29. The van der Waals surface area contributed by atoms with E-state index < -0.39 is 11.6 Å². The highest BCUT2D eigenvalue weighted by Crippen LogP contribution is 2.35. The van der Waals surface area contributed by atoms with Crippen molar-refractivity contribution in [3.8, 4) is 5.75 Å². The molecule has 3 aliphatic rings. The Morgan fingerprint density at radius 3 is 2.56 bits per heavy atom. The number of carbonyl (C=O) groups excluding carboxylic acids is 4. The Bertz CT molecular complexity index is 1260. The molecule has 188 valence electrons. The Labute approximate surface area is 210 Å². The first-order chi connectivity index (χ1) is 17.1. The average Bonchev–Trinajstić information content (AvgIpc) is 3.38. The number of fused-ring (bicyclic) bond motifs is 2. The third-order valence-electron chi connectivity index (χ3n) is 6.81. The zero-order valence-corrected chi connectivity index (χ0v) is 20.8. The summed E-state index contributed by atoms with van der Waals surface area (Å²) in [5, 5.41) is 0. The predicted octanol–water partition coefficient (Wildman–Crippen LogP) is 4.16. The molecule has 0 aromatic heterocycles. The van der Waals surface area contributed by atoms with Gasteiger partial charge in [0.05, 0.1) is 19.0 Å². The standard InChI is InChI=1S/C28H30N2O6/c1-28(2,3)36-27(34)29-13-18-8-7-17(11-19(18)14-29)16-35-25-6-4-5-21-22(25)15-30(26(21)33)23-10-9-20(31)12-24(23)32/h4-8,11,23H,9-10,12-16H2,1-3H3. The fourth-order valence-corrected chi connectivity index (χ4v) is 5.06. The van der Waals surface area contributed by atoms with Crippen LogP contribution >= 0.6 is 0 Å². The van der Waals surface area contributed by atoms with Gasteiger partial charge in [-0.3, -0.25) is 19.3 Å². The minimum Gasteiger partial charge on any atom is -0.489 e. The first kappa shape index (κ1) is 24.0. The van der Waals surface area contributed by atoms with Crippen LogP contribution in [0.1, 0.15) is 72.6 Å². The number of hydrogen-bond donors (Lipinski definition) is 0. The van der Waals surface area contributed by atoms with E-state index in [1.54, 1.807) is 21.9 Å². The predicted molar refractivity (Wildman–Crippen MR) is 130 cm³/mol. The summed E-state index contributed by atoms with van der Waals surface area (Å²) >= 11 is 0. The number of carbonyl (C=O) groups is 4. The summed E-state index contributed by atoms with van der Waals surface area (Å²) in [6, 6.07) is 10.8. The molecule has 8 heteroatoms. The molecule has 1 unspecified atom stereocenters. The van der Waals surface area contributed by atoms with Crippen molar-refractivity contribution in [1.29, 1.82) is 0 Å². The molecule has 2 aliphatic heterocycles. The zero-order valence-electron chi connectivity index (χ0n) is 20.8. The van der Waals surface area contributed by atoms with Gasteiger partial charge in [0, 0.05) is 30.6 Å². The van der Waals surface area contributed by atoms with Gasteiger partial charge in [0.2, 0.25) is 0 Å². The monoisotopic (exact) mass is 490 g/mol. The molecule has 0 bridgehead atoms. The van der Waals surface area contributed by atoms with Gasteiger partial charge >= 0.3 is 6.09 Å². The number of hydrogen-bond acceptors (Lipinski definition) is 6. The fourth-order valence-electron chi connectivity index (χ4n) is 5.06. The Kier molecular flexibility index (Phi) is 6.06. The van der Waals surface area contributed by atoms with Gasteiger partial charge in [0.15, 0.2) is 5.78 Å². The largest absolute Gasteiger partial charge is 0.489 e. The fraction of sp³-hybridized carbons (Fsp3) is 0.429. The maximum atomic E-state index is 13.0. The number of ketones is 2. The van der Waals surface area contributed by atoms with Crippen LogP contribution in [-0.2, 0) is 40.6 Å². The lowest BCUT2D eigenvalue weighted by atomic mass is 9.92. The molecule has 5 rings (SSSR count). The summed E-state index contributed by atoms with van der Waals surface area (Å²) in [5.41, 5.74) is 3.87. The van der Waals surface area contributed by atoms with Crippen LogP contribution in [0, 0.1) is 0 Å². The van der Waals surface area contributed by atoms with E-state index in [2.05, 4.69) is 0 Å². The van der Waals surface area contributed by atoms with E-state index in [-0.39, 0.29) is 30.0 Å². The highest BCUT2D eigenvalue weighted by molar-refractivity contribution is 6.07. The first-order valence-electron chi connectivity index (χ1n) is 12.3. The molecule has 0 spiro atoms. The number of amides is 2. The summed E-state index contributed by atoms with van der Waals surface area (Å²) in [5.74, 6) is 0.169. The second-order valence-electron chi connectivity index (χ2n) is 10.7. The molecular formula is C28H30N2O6. The average molecular weight is 491 g/mol. The van der Waals surface area contributed by atoms with Gasteiger partial charge in [0.1, 0.15) is 23.7 Å². The minimum absolute atomic E-state index is 0.0620. The van der Waals surface area contributed by atoms with Crippen molar-refractivity contribution in [3.05, 3.63) is 64.2 Å². The SMILES string of the molecule is CC(C)(C)OC(=O)N1Cc2ccc(COc3cccc4c3CN(C3CCC(=O)CC3=O)C4=O)cc2C1. The van der Waals surface area contributed by atoms with Gasteiger partial charge in [-0.1, -0.05) is 24.3 Å². The van der Waals surface area contributed by atoms with E-state index in [0.29, 0.717) is 50.4 Å². The number of nitrogens with zero attached hydrogens (tertiary/aromatic N) is 2. The van der Waals surface area contributed by atoms with Crippen molar-refractivity contribution in [1.82, 2.24) is 9.80 Å². The third kappa shape index (κ3) is 4.72. The second-order valence-corrected chi connectivity index (χ2v) is 10.7. The van der Waals surface area contributed by atoms with Crippen molar-refractivity contribution < 1.29 is 28.7 Å². The lowest BCUT2D eigenvalue weighted by molar-refractivity contribution is -0.133. The molecule has 2 amide bonds. The summed E-state index contributed by atoms with van der Waals surface area (Å²) in [7, 11) is 0. The van der Waals surface area contributed by atoms with Crippen molar-refractivity contribution >= 4 is 23.6 Å². The molecule has 0 saturated heterocycles. The molecule has 1 atom stereocenters. The molecule has 36 heavy (non-hydrogen) atoms. The van der Waals surface area contributed by atoms with Crippen LogP contribution in [0.5, 0.6) is 5.75 Å². The van der Waals surface area contributed by atoms with Gasteiger partial charge < -0.3 is 14.4 Å². The molecule has 0 N–H and O–H groups in total. The van der Waals surface area contributed by atoms with Crippen LogP contribution < -0.4 is 4.74 Å². The van der Waals surface area contributed by atoms with Crippen molar-refractivity contribution in [2.24, 2.45) is 0 Å². The first-order valence-corrected chi connectivity index (χ1v) is 12.3. The second kappa shape index (κ2) is 9.08. The number of ether oxygens (including phenoxy) is 2. The minimum atomic E-state index is -0.555. The normalized spacial score (nSPS) is 19.4. The van der Waals surface area contributed by atoms with E-state index in [0.717, 1.165) is 22.3 Å². The van der Waals surface area contributed by atoms with Crippen LogP contribution in [0.2, 0.25) is 0 Å². The molecule has 0 radical (unpaired) electrons. The summed E-state index contributed by atoms with van der Waals surface area (Å²) in [6.45, 7) is 7.16. The van der Waals surface area contributed by atoms with E-state index in [9.17, 15) is 19.2 Å². The van der Waals surface area contributed by atoms with E-state index in [1.807, 2.05) is 45.0 Å². The number of rotatable bonds is 4. The summed E-state index contributed by atoms with van der Waals surface area (Å²) in [6.07, 6.45) is 0.274. The molecule has 1 aliphatic carbocycles. The lowest BCUT2D eigenvalue weighted by Crippen LogP contribution is -2.44. The highest BCUT2D eigenvalue weighted by atomic mass is 16.6. The Morgan fingerprint density at radius 1 is 1.03 bits per heavy atom. The molecular weight excluding hydrogens is 460 g/mol. The van der Waals surface area contributed by atoms with Crippen LogP contribution in [-0.4, -0.2) is 45.0 Å². The maximum absolute atomic E-state index is 13.0. The highest BCUT2D eigenvalue weighted by Gasteiger charge is 2.40. The van der Waals surface area contributed by atoms with Crippen molar-refractivity contribution in [2.45, 2.75) is 77.9 Å². The van der Waals surface area contributed by atoms with Crippen LogP contribution in [0.25, 0.3) is 0 Å². The van der Waals surface area contributed by atoms with Gasteiger partial charge in [-0.15, -0.1) is 0 Å². The molecule has 1 saturated carbocycles. The van der Waals surface area contributed by atoms with E-state index in [1.165, 1.54) is 0 Å². The van der Waals surface area contributed by atoms with Gasteiger partial charge in [0.25, 0.3) is 5.91 Å². The Balaban J connectivity index is 1.26. The molecule has 2 aromatic carbocycles. The topological polar surface area (TPSA) is 93.2 Å². The molecule has 2 heterocycles. The van der Waals surface area contributed by atoms with Crippen LogP contribution in [0.15, 0.2) is 36.4 Å². The van der Waals surface area contributed by atoms with Crippen molar-refractivity contribution in [2.75, 3.05) is 0 Å². The zero-order chi connectivity index (χ0) is 25.6. The Morgan fingerprint density at radius 2 is 1.81 bits per heavy atom. The third-order valence-corrected chi connectivity index (χ3v) is 6.81. The smallest absolute Gasteiger partial charge is 0.410 e. The van der Waals surface area contributed by atoms with Gasteiger partial charge in [-0.2, -0.15) is 0 Å². The Hall–Kier alpha value is -3.68. The van der Waals surface area contributed by atoms with Crippen LogP contribution in [0.3, 0.4) is 0 Å². The maximum Gasteiger partial charge on any atom is 0.410 e. The van der Waals surface area contributed by atoms with Crippen molar-refractivity contribution in [3.63, 3.8) is 0 Å². The van der Waals surface area contributed by atoms with E-state index >= 15 is 0 Å².